The normalized spacial score (nSPS) is 8.64. The molecule has 1 aromatic carbocycles. The lowest BCUT2D eigenvalue weighted by atomic mass is 10.0. The lowest BCUT2D eigenvalue weighted by Crippen LogP contribution is -1.95. The van der Waals surface area contributed by atoms with Gasteiger partial charge in [0.2, 0.25) is 0 Å². The average Bonchev–Trinajstić information content (AvgIpc) is 2.52. The van der Waals surface area contributed by atoms with Crippen LogP contribution in [0, 0.1) is 23.7 Å². The molecule has 0 amide bonds. The average molecular weight is 305 g/mol. The fourth-order valence-corrected chi connectivity index (χ4v) is 1.10. The molecule has 0 spiro atoms. The molecular formula is C22H40. The Labute approximate surface area is 141 Å². The Bertz CT molecular complexity index is 363. The van der Waals surface area contributed by atoms with Crippen molar-refractivity contribution in [3.8, 4) is 11.8 Å². The van der Waals surface area contributed by atoms with Crippen molar-refractivity contribution in [1.82, 2.24) is 0 Å². The molecule has 22 heavy (non-hydrogen) atoms. The van der Waals surface area contributed by atoms with E-state index >= 15 is 0 Å². The molecule has 0 aromatic heterocycles. The van der Waals surface area contributed by atoms with Crippen molar-refractivity contribution in [3.63, 3.8) is 0 Å². The first-order valence-electron chi connectivity index (χ1n) is 8.91. The van der Waals surface area contributed by atoms with Crippen molar-refractivity contribution in [2.75, 3.05) is 0 Å². The van der Waals surface area contributed by atoms with E-state index in [2.05, 4.69) is 77.6 Å². The van der Waals surface area contributed by atoms with Gasteiger partial charge in [0.25, 0.3) is 0 Å². The molecule has 1 aromatic rings. The summed E-state index contributed by atoms with van der Waals surface area (Å²) < 4.78 is 0. The summed E-state index contributed by atoms with van der Waals surface area (Å²) in [5, 5.41) is 0. The van der Waals surface area contributed by atoms with Gasteiger partial charge in [0.05, 0.1) is 0 Å². The van der Waals surface area contributed by atoms with Gasteiger partial charge in [-0.3, -0.25) is 0 Å². The van der Waals surface area contributed by atoms with E-state index < -0.39 is 0 Å². The van der Waals surface area contributed by atoms with Crippen molar-refractivity contribution in [1.29, 1.82) is 0 Å². The number of hydrogen-bond donors (Lipinski definition) is 0. The van der Waals surface area contributed by atoms with Crippen LogP contribution in [0.4, 0.5) is 0 Å². The zero-order chi connectivity index (χ0) is 18.1. The van der Waals surface area contributed by atoms with Crippen LogP contribution < -0.4 is 0 Å². The Balaban J connectivity index is -0.000000306. The highest BCUT2D eigenvalue weighted by atomic mass is 14.0. The molecule has 0 saturated heterocycles. The van der Waals surface area contributed by atoms with Crippen LogP contribution in [0.25, 0.3) is 0 Å². The van der Waals surface area contributed by atoms with Crippen LogP contribution in [0.15, 0.2) is 24.3 Å². The van der Waals surface area contributed by atoms with Crippen LogP contribution >= 0.6 is 0 Å². The summed E-state index contributed by atoms with van der Waals surface area (Å²) in [4.78, 5) is 0. The highest BCUT2D eigenvalue weighted by molar-refractivity contribution is 5.36. The Kier molecular flexibility index (Phi) is 20.8. The summed E-state index contributed by atoms with van der Waals surface area (Å²) in [6.07, 6.45) is 0. The van der Waals surface area contributed by atoms with Gasteiger partial charge >= 0.3 is 0 Å². The largest absolute Gasteiger partial charge is 0.101 e. The minimum atomic E-state index is 0.605. The molecule has 0 atom stereocenters. The van der Waals surface area contributed by atoms with Gasteiger partial charge in [-0.25, -0.2) is 0 Å². The highest BCUT2D eigenvalue weighted by Gasteiger charge is 1.96. The lowest BCUT2D eigenvalue weighted by molar-refractivity contribution is 0.457. The molecule has 0 nitrogen and oxygen atoms in total. The molecule has 0 radical (unpaired) electrons. The first kappa shape index (κ1) is 25.7. The van der Waals surface area contributed by atoms with Crippen LogP contribution in [-0.2, 0) is 0 Å². The SMILES string of the molecule is CC.CC.CC#Cc1ccc(C(C)C)cc1.CC(C)C(C)C. The third-order valence-electron chi connectivity index (χ3n) is 3.18. The summed E-state index contributed by atoms with van der Waals surface area (Å²) in [7, 11) is 0. The molecule has 0 bridgehead atoms. The zero-order valence-electron chi connectivity index (χ0n) is 17.0. The summed E-state index contributed by atoms with van der Waals surface area (Å²) in [5.41, 5.74) is 2.47. The smallest absolute Gasteiger partial charge is 0.0245 e. The molecule has 128 valence electrons. The van der Waals surface area contributed by atoms with E-state index in [9.17, 15) is 0 Å². The quantitative estimate of drug-likeness (QED) is 0.495. The molecule has 0 N–H and O–H groups in total. The van der Waals surface area contributed by atoms with Gasteiger partial charge in [-0.2, -0.15) is 0 Å². The third-order valence-corrected chi connectivity index (χ3v) is 3.18. The minimum absolute atomic E-state index is 0.605. The highest BCUT2D eigenvalue weighted by Crippen LogP contribution is 2.13. The number of benzene rings is 1. The molecule has 0 saturated carbocycles. The minimum Gasteiger partial charge on any atom is -0.101 e. The second kappa shape index (κ2) is 17.8. The van der Waals surface area contributed by atoms with E-state index in [-0.39, 0.29) is 0 Å². The van der Waals surface area contributed by atoms with E-state index in [4.69, 9.17) is 0 Å². The first-order valence-corrected chi connectivity index (χ1v) is 8.91. The number of hydrogen-bond acceptors (Lipinski definition) is 0. The third kappa shape index (κ3) is 15.2. The first-order chi connectivity index (χ1) is 10.4. The molecule has 0 aliphatic carbocycles. The van der Waals surface area contributed by atoms with Gasteiger partial charge in [0.15, 0.2) is 0 Å². The predicted molar refractivity (Wildman–Crippen MR) is 105 cm³/mol. The molecule has 0 heteroatoms. The van der Waals surface area contributed by atoms with Crippen LogP contribution in [-0.4, -0.2) is 0 Å². The van der Waals surface area contributed by atoms with Crippen molar-refractivity contribution in [2.24, 2.45) is 11.8 Å². The van der Waals surface area contributed by atoms with E-state index in [0.29, 0.717) is 5.92 Å². The van der Waals surface area contributed by atoms with Crippen molar-refractivity contribution in [2.45, 2.75) is 82.1 Å². The molecule has 0 aliphatic rings. The van der Waals surface area contributed by atoms with Gasteiger partial charge in [0.1, 0.15) is 0 Å². The fourth-order valence-electron chi connectivity index (χ4n) is 1.10. The van der Waals surface area contributed by atoms with Crippen molar-refractivity contribution >= 4 is 0 Å². The maximum absolute atomic E-state index is 3.02. The van der Waals surface area contributed by atoms with Crippen molar-refractivity contribution in [3.05, 3.63) is 35.4 Å². The summed E-state index contributed by atoms with van der Waals surface area (Å²) in [6, 6.07) is 8.44. The van der Waals surface area contributed by atoms with E-state index in [1.54, 1.807) is 0 Å². The van der Waals surface area contributed by atoms with E-state index in [0.717, 1.165) is 17.4 Å². The molecule has 0 unspecified atom stereocenters. The molecular weight excluding hydrogens is 264 g/mol. The molecule has 1 rings (SSSR count). The van der Waals surface area contributed by atoms with Gasteiger partial charge in [-0.1, -0.05) is 87.3 Å². The Morgan fingerprint density at radius 3 is 1.27 bits per heavy atom. The summed E-state index contributed by atoms with van der Waals surface area (Å²) in [5.74, 6) is 8.22. The maximum Gasteiger partial charge on any atom is 0.0245 e. The Morgan fingerprint density at radius 1 is 0.682 bits per heavy atom. The lowest BCUT2D eigenvalue weighted by Gasteiger charge is -2.05. The molecule has 0 fully saturated rings. The molecule has 0 aliphatic heterocycles. The zero-order valence-corrected chi connectivity index (χ0v) is 17.0. The van der Waals surface area contributed by atoms with Crippen LogP contribution in [0.2, 0.25) is 0 Å². The second-order valence-electron chi connectivity index (χ2n) is 5.64. The van der Waals surface area contributed by atoms with Crippen LogP contribution in [0.1, 0.15) is 93.2 Å². The van der Waals surface area contributed by atoms with Gasteiger partial charge in [-0.15, -0.1) is 5.92 Å². The van der Waals surface area contributed by atoms with Crippen LogP contribution in [0.5, 0.6) is 0 Å². The summed E-state index contributed by atoms with van der Waals surface area (Å²) >= 11 is 0. The van der Waals surface area contributed by atoms with Crippen molar-refractivity contribution < 1.29 is 0 Å². The standard InChI is InChI=1S/C12H14.C6H14.2C2H6/c1-4-5-11-6-8-12(9-7-11)10(2)3;1-5(2)6(3)4;2*1-2/h6-10H,1-3H3;5-6H,1-4H3;2*1-2H3. The summed E-state index contributed by atoms with van der Waals surface area (Å²) in [6.45, 7) is 23.2. The Hall–Kier alpha value is -1.22. The molecule has 0 heterocycles. The Morgan fingerprint density at radius 2 is 1.05 bits per heavy atom. The topological polar surface area (TPSA) is 0 Å². The fraction of sp³-hybridized carbons (Fsp3) is 0.636. The maximum atomic E-state index is 3.02. The van der Waals surface area contributed by atoms with Gasteiger partial charge in [-0.05, 0) is 42.4 Å². The van der Waals surface area contributed by atoms with E-state index in [1.165, 1.54) is 5.56 Å². The van der Waals surface area contributed by atoms with E-state index in [1.807, 2.05) is 34.6 Å². The van der Waals surface area contributed by atoms with Gasteiger partial charge in [0, 0.05) is 5.56 Å². The van der Waals surface area contributed by atoms with Crippen LogP contribution in [0.3, 0.4) is 0 Å². The number of rotatable bonds is 2. The van der Waals surface area contributed by atoms with Gasteiger partial charge < -0.3 is 0 Å². The predicted octanol–water partition coefficient (Wildman–Crippen LogP) is 7.53. The monoisotopic (exact) mass is 304 g/mol. The second-order valence-corrected chi connectivity index (χ2v) is 5.64.